The van der Waals surface area contributed by atoms with Crippen LogP contribution in [0.25, 0.3) is 0 Å². The lowest BCUT2D eigenvalue weighted by atomic mass is 10.2. The number of nitrogens with one attached hydrogen (secondary N) is 2. The van der Waals surface area contributed by atoms with Gasteiger partial charge in [-0.05, 0) is 13.1 Å². The second-order valence-corrected chi connectivity index (χ2v) is 5.89. The van der Waals surface area contributed by atoms with E-state index in [1.165, 1.54) is 0 Å². The summed E-state index contributed by atoms with van der Waals surface area (Å²) in [5.74, 6) is 0.702. The summed E-state index contributed by atoms with van der Waals surface area (Å²) < 4.78 is 5.26. The summed E-state index contributed by atoms with van der Waals surface area (Å²) in [7, 11) is 3.39. The molecule has 0 saturated carbocycles. The maximum Gasteiger partial charge on any atom is 0.236 e. The van der Waals surface area contributed by atoms with Gasteiger partial charge in [0.15, 0.2) is 0 Å². The van der Waals surface area contributed by atoms with Gasteiger partial charge in [-0.3, -0.25) is 14.5 Å². The molecule has 2 rings (SSSR count). The van der Waals surface area contributed by atoms with E-state index in [9.17, 15) is 9.59 Å². The Bertz CT molecular complexity index is 565. The number of amides is 2. The van der Waals surface area contributed by atoms with Crippen molar-refractivity contribution < 1.29 is 14.3 Å². The van der Waals surface area contributed by atoms with Crippen LogP contribution in [-0.2, 0) is 16.1 Å². The van der Waals surface area contributed by atoms with Crippen LogP contribution in [0.2, 0.25) is 0 Å². The Morgan fingerprint density at radius 1 is 1.24 bits per heavy atom. The number of rotatable bonds is 7. The Labute approximate surface area is 155 Å². The first-order chi connectivity index (χ1) is 11.6. The summed E-state index contributed by atoms with van der Waals surface area (Å²) in [5.41, 5.74) is 0.924. The maximum atomic E-state index is 12.2. The number of likely N-dealkylation sites (N-methyl/N-ethyl adjacent to an activating group) is 1. The predicted octanol–water partition coefficient (Wildman–Crippen LogP) is 0.0968. The first-order valence-corrected chi connectivity index (χ1v) is 8.16. The van der Waals surface area contributed by atoms with Crippen LogP contribution in [0, 0.1) is 0 Å². The Morgan fingerprint density at radius 2 is 1.92 bits per heavy atom. The minimum Gasteiger partial charge on any atom is -0.496 e. The van der Waals surface area contributed by atoms with Crippen LogP contribution >= 0.6 is 12.4 Å². The first-order valence-electron chi connectivity index (χ1n) is 8.16. The average Bonchev–Trinajstić information content (AvgIpc) is 2.60. The highest BCUT2D eigenvalue weighted by atomic mass is 35.5. The zero-order valence-corrected chi connectivity index (χ0v) is 15.6. The van der Waals surface area contributed by atoms with Gasteiger partial charge in [0.2, 0.25) is 11.8 Å². The molecule has 0 atom stereocenters. The van der Waals surface area contributed by atoms with E-state index < -0.39 is 0 Å². The zero-order valence-electron chi connectivity index (χ0n) is 14.8. The number of methoxy groups -OCH3 is 1. The van der Waals surface area contributed by atoms with Gasteiger partial charge in [-0.2, -0.15) is 0 Å². The third-order valence-corrected chi connectivity index (χ3v) is 3.96. The molecule has 1 aliphatic heterocycles. The number of ether oxygens (including phenoxy) is 1. The van der Waals surface area contributed by atoms with Crippen molar-refractivity contribution in [3.8, 4) is 5.75 Å². The lowest BCUT2D eigenvalue weighted by Crippen LogP contribution is -2.50. The van der Waals surface area contributed by atoms with Crippen LogP contribution in [0.4, 0.5) is 0 Å². The van der Waals surface area contributed by atoms with Gasteiger partial charge in [0, 0.05) is 38.3 Å². The lowest BCUT2D eigenvalue weighted by Gasteiger charge is -2.29. The van der Waals surface area contributed by atoms with Crippen LogP contribution in [0.1, 0.15) is 5.56 Å². The smallest absolute Gasteiger partial charge is 0.236 e. The van der Waals surface area contributed by atoms with Crippen molar-refractivity contribution in [2.75, 3.05) is 53.4 Å². The fourth-order valence-electron chi connectivity index (χ4n) is 2.64. The van der Waals surface area contributed by atoms with Crippen LogP contribution in [-0.4, -0.2) is 75.0 Å². The molecule has 2 amide bonds. The number of benzene rings is 1. The maximum absolute atomic E-state index is 12.2. The number of piperazine rings is 1. The van der Waals surface area contributed by atoms with E-state index in [2.05, 4.69) is 10.6 Å². The number of nitrogens with zero attached hydrogens (tertiary/aromatic N) is 2. The molecule has 0 bridgehead atoms. The van der Waals surface area contributed by atoms with Gasteiger partial charge >= 0.3 is 0 Å². The molecular formula is C17H27ClN4O3. The van der Waals surface area contributed by atoms with Gasteiger partial charge in [-0.25, -0.2) is 0 Å². The number of carbonyl (C=O) groups excluding carboxylic acids is 2. The van der Waals surface area contributed by atoms with Crippen molar-refractivity contribution in [1.29, 1.82) is 0 Å². The fraction of sp³-hybridized carbons (Fsp3) is 0.529. The normalized spacial score (nSPS) is 14.0. The molecule has 1 aromatic rings. The third kappa shape index (κ3) is 6.89. The highest BCUT2D eigenvalue weighted by molar-refractivity contribution is 5.85. The number of halogens is 1. The standard InChI is InChI=1S/C17H26N4O3.ClH/c1-20(13-17(23)21-9-7-18-8-10-21)12-16(22)19-11-14-5-3-4-6-15(14)24-2;/h3-6,18H,7-13H2,1-2H3,(H,19,22);1H. The van der Waals surface area contributed by atoms with Gasteiger partial charge in [-0.15, -0.1) is 12.4 Å². The van der Waals surface area contributed by atoms with Gasteiger partial charge in [0.25, 0.3) is 0 Å². The van der Waals surface area contributed by atoms with E-state index in [0.717, 1.165) is 37.5 Å². The molecule has 1 saturated heterocycles. The Kier molecular flexibility index (Phi) is 9.26. The molecule has 25 heavy (non-hydrogen) atoms. The first kappa shape index (κ1) is 21.2. The monoisotopic (exact) mass is 370 g/mol. The lowest BCUT2D eigenvalue weighted by molar-refractivity contribution is -0.133. The van der Waals surface area contributed by atoms with Gasteiger partial charge in [0.05, 0.1) is 20.2 Å². The van der Waals surface area contributed by atoms with E-state index in [-0.39, 0.29) is 37.3 Å². The van der Waals surface area contributed by atoms with Crippen molar-refractivity contribution >= 4 is 24.2 Å². The fourth-order valence-corrected chi connectivity index (χ4v) is 2.64. The van der Waals surface area contributed by atoms with Crippen molar-refractivity contribution in [2.24, 2.45) is 0 Å². The molecule has 0 aliphatic carbocycles. The second-order valence-electron chi connectivity index (χ2n) is 5.89. The Balaban J connectivity index is 0.00000312. The summed E-state index contributed by atoms with van der Waals surface area (Å²) in [6.45, 7) is 3.96. The van der Waals surface area contributed by atoms with Crippen molar-refractivity contribution in [1.82, 2.24) is 20.4 Å². The van der Waals surface area contributed by atoms with Crippen molar-refractivity contribution in [2.45, 2.75) is 6.54 Å². The zero-order chi connectivity index (χ0) is 17.4. The molecule has 1 heterocycles. The minimum atomic E-state index is -0.114. The average molecular weight is 371 g/mol. The molecular weight excluding hydrogens is 344 g/mol. The van der Waals surface area contributed by atoms with Crippen molar-refractivity contribution in [3.63, 3.8) is 0 Å². The molecule has 1 fully saturated rings. The van der Waals surface area contributed by atoms with Gasteiger partial charge < -0.3 is 20.3 Å². The summed E-state index contributed by atoms with van der Waals surface area (Å²) in [4.78, 5) is 27.8. The molecule has 140 valence electrons. The largest absolute Gasteiger partial charge is 0.496 e. The van der Waals surface area contributed by atoms with Gasteiger partial charge in [0.1, 0.15) is 5.75 Å². The topological polar surface area (TPSA) is 73.9 Å². The molecule has 7 nitrogen and oxygen atoms in total. The third-order valence-electron chi connectivity index (χ3n) is 3.96. The second kappa shape index (κ2) is 10.9. The molecule has 0 unspecified atom stereocenters. The van der Waals surface area contributed by atoms with Crippen LogP contribution in [0.3, 0.4) is 0 Å². The Hall–Kier alpha value is -1.83. The quantitative estimate of drug-likeness (QED) is 0.712. The molecule has 8 heteroatoms. The molecule has 0 spiro atoms. The van der Waals surface area contributed by atoms with E-state index in [1.807, 2.05) is 29.2 Å². The summed E-state index contributed by atoms with van der Waals surface area (Å²) >= 11 is 0. The number of para-hydroxylation sites is 1. The Morgan fingerprint density at radius 3 is 2.60 bits per heavy atom. The summed E-state index contributed by atoms with van der Waals surface area (Å²) in [6, 6.07) is 7.57. The minimum absolute atomic E-state index is 0. The highest BCUT2D eigenvalue weighted by Crippen LogP contribution is 2.16. The van der Waals surface area contributed by atoms with E-state index >= 15 is 0 Å². The number of hydrogen-bond donors (Lipinski definition) is 2. The summed E-state index contributed by atoms with van der Waals surface area (Å²) in [5, 5.41) is 6.08. The van der Waals surface area contributed by atoms with Crippen LogP contribution < -0.4 is 15.4 Å². The van der Waals surface area contributed by atoms with E-state index in [0.29, 0.717) is 6.54 Å². The molecule has 1 aromatic carbocycles. The highest BCUT2D eigenvalue weighted by Gasteiger charge is 2.18. The van der Waals surface area contributed by atoms with E-state index in [4.69, 9.17) is 4.74 Å². The molecule has 1 aliphatic rings. The molecule has 2 N–H and O–H groups in total. The number of hydrogen-bond acceptors (Lipinski definition) is 5. The molecule has 0 radical (unpaired) electrons. The van der Waals surface area contributed by atoms with Crippen LogP contribution in [0.15, 0.2) is 24.3 Å². The van der Waals surface area contributed by atoms with Crippen molar-refractivity contribution in [3.05, 3.63) is 29.8 Å². The van der Waals surface area contributed by atoms with Gasteiger partial charge in [-0.1, -0.05) is 18.2 Å². The summed E-state index contributed by atoms with van der Waals surface area (Å²) in [6.07, 6.45) is 0. The van der Waals surface area contributed by atoms with Crippen LogP contribution in [0.5, 0.6) is 5.75 Å². The number of carbonyl (C=O) groups is 2. The van der Waals surface area contributed by atoms with E-state index in [1.54, 1.807) is 19.1 Å². The predicted molar refractivity (Wildman–Crippen MR) is 99.0 cm³/mol. The molecule has 0 aromatic heterocycles. The SMILES string of the molecule is COc1ccccc1CNC(=O)CN(C)CC(=O)N1CCNCC1.Cl.